The topological polar surface area (TPSA) is 93.7 Å². The van der Waals surface area contributed by atoms with Gasteiger partial charge in [-0.1, -0.05) is 30.3 Å². The first-order valence-corrected chi connectivity index (χ1v) is 12.2. The van der Waals surface area contributed by atoms with Crippen molar-refractivity contribution in [3.63, 3.8) is 0 Å². The Bertz CT molecular complexity index is 1130. The monoisotopic (exact) mass is 468 g/mol. The molecule has 0 aromatic heterocycles. The predicted octanol–water partition coefficient (Wildman–Crippen LogP) is 4.01. The van der Waals surface area contributed by atoms with Gasteiger partial charge in [0, 0.05) is 5.69 Å². The average molecular weight is 469 g/mol. The zero-order chi connectivity index (χ0) is 23.7. The fourth-order valence-corrected chi connectivity index (χ4v) is 4.40. The molecule has 0 spiro atoms. The third kappa shape index (κ3) is 7.06. The van der Waals surface area contributed by atoms with Crippen LogP contribution in [0.25, 0.3) is 0 Å². The second-order valence-electron chi connectivity index (χ2n) is 7.21. The van der Waals surface area contributed by atoms with Crippen LogP contribution in [-0.2, 0) is 21.2 Å². The lowest BCUT2D eigenvalue weighted by Gasteiger charge is -2.19. The molecule has 0 heterocycles. The van der Waals surface area contributed by atoms with Crippen molar-refractivity contribution in [3.05, 3.63) is 84.4 Å². The summed E-state index contributed by atoms with van der Waals surface area (Å²) in [4.78, 5) is 13.1. The largest absolute Gasteiger partial charge is 0.494 e. The molecule has 33 heavy (non-hydrogen) atoms. The van der Waals surface area contributed by atoms with Crippen molar-refractivity contribution < 1.29 is 22.7 Å². The molecule has 0 aliphatic carbocycles. The van der Waals surface area contributed by atoms with E-state index in [1.165, 1.54) is 12.1 Å². The Morgan fingerprint density at radius 3 is 1.91 bits per heavy atom. The first kappa shape index (κ1) is 24.3. The Morgan fingerprint density at radius 1 is 0.818 bits per heavy atom. The summed E-state index contributed by atoms with van der Waals surface area (Å²) in [7, 11) is -3.95. The molecular weight excluding hydrogens is 440 g/mol. The number of nitrogens with one attached hydrogen (secondary N) is 2. The van der Waals surface area contributed by atoms with Gasteiger partial charge in [-0.25, -0.2) is 8.42 Å². The molecule has 2 N–H and O–H groups in total. The molecule has 0 unspecified atom stereocenters. The van der Waals surface area contributed by atoms with Crippen molar-refractivity contribution in [2.24, 2.45) is 0 Å². The van der Waals surface area contributed by atoms with Crippen LogP contribution in [0.5, 0.6) is 11.5 Å². The van der Waals surface area contributed by atoms with Crippen molar-refractivity contribution in [1.82, 2.24) is 4.72 Å². The number of anilines is 1. The molecule has 0 aliphatic heterocycles. The van der Waals surface area contributed by atoms with E-state index in [2.05, 4.69) is 10.0 Å². The Hall–Kier alpha value is -3.36. The normalized spacial score (nSPS) is 12.1. The minimum Gasteiger partial charge on any atom is -0.494 e. The average Bonchev–Trinajstić information content (AvgIpc) is 2.81. The van der Waals surface area contributed by atoms with E-state index in [1.54, 1.807) is 36.4 Å². The third-order valence-electron chi connectivity index (χ3n) is 4.77. The lowest BCUT2D eigenvalue weighted by molar-refractivity contribution is -0.117. The number of sulfonamides is 1. The van der Waals surface area contributed by atoms with E-state index < -0.39 is 22.0 Å². The van der Waals surface area contributed by atoms with E-state index in [0.717, 1.165) is 5.56 Å². The summed E-state index contributed by atoms with van der Waals surface area (Å²) in [5, 5.41) is 2.79. The smallest absolute Gasteiger partial charge is 0.242 e. The van der Waals surface area contributed by atoms with E-state index in [-0.39, 0.29) is 11.3 Å². The number of hydrogen-bond acceptors (Lipinski definition) is 5. The summed E-state index contributed by atoms with van der Waals surface area (Å²) in [6.07, 6.45) is 0.194. The fraction of sp³-hybridized carbons (Fsp3) is 0.240. The molecular formula is C25H28N2O5S. The van der Waals surface area contributed by atoms with Gasteiger partial charge in [0.1, 0.15) is 17.5 Å². The maximum Gasteiger partial charge on any atom is 0.242 e. The Balaban J connectivity index is 1.80. The number of hydrogen-bond donors (Lipinski definition) is 2. The highest BCUT2D eigenvalue weighted by molar-refractivity contribution is 7.89. The van der Waals surface area contributed by atoms with E-state index in [9.17, 15) is 13.2 Å². The molecule has 7 nitrogen and oxygen atoms in total. The number of amides is 1. The van der Waals surface area contributed by atoms with Gasteiger partial charge in [-0.05, 0) is 74.4 Å². The summed E-state index contributed by atoms with van der Waals surface area (Å²) < 4.78 is 39.4. The van der Waals surface area contributed by atoms with E-state index in [0.29, 0.717) is 30.4 Å². The summed E-state index contributed by atoms with van der Waals surface area (Å²) in [6, 6.07) is 21.2. The van der Waals surface area contributed by atoms with Crippen LogP contribution in [0.15, 0.2) is 83.8 Å². The van der Waals surface area contributed by atoms with Gasteiger partial charge in [0.05, 0.1) is 18.1 Å². The molecule has 0 radical (unpaired) electrons. The molecule has 3 aromatic carbocycles. The quantitative estimate of drug-likeness (QED) is 0.443. The minimum absolute atomic E-state index is 0.0536. The van der Waals surface area contributed by atoms with Crippen LogP contribution >= 0.6 is 0 Å². The van der Waals surface area contributed by atoms with Gasteiger partial charge in [-0.2, -0.15) is 4.72 Å². The van der Waals surface area contributed by atoms with Crippen LogP contribution < -0.4 is 19.5 Å². The molecule has 3 aromatic rings. The van der Waals surface area contributed by atoms with Gasteiger partial charge >= 0.3 is 0 Å². The van der Waals surface area contributed by atoms with Gasteiger partial charge in [-0.15, -0.1) is 0 Å². The second kappa shape index (κ2) is 11.5. The SMILES string of the molecule is CCOc1ccc(NC(=O)[C@H](Cc2ccccc2)NS(=O)(=O)c2ccc(OCC)cc2)cc1. The molecule has 174 valence electrons. The zero-order valence-corrected chi connectivity index (χ0v) is 19.5. The molecule has 1 atom stereocenters. The zero-order valence-electron chi connectivity index (χ0n) is 18.7. The molecule has 0 fully saturated rings. The van der Waals surface area contributed by atoms with Gasteiger partial charge in [-0.3, -0.25) is 4.79 Å². The fourth-order valence-electron chi connectivity index (χ4n) is 3.21. The van der Waals surface area contributed by atoms with Gasteiger partial charge in [0.15, 0.2) is 0 Å². The first-order valence-electron chi connectivity index (χ1n) is 10.7. The van der Waals surface area contributed by atoms with Crippen LogP contribution in [0, 0.1) is 0 Å². The first-order chi connectivity index (χ1) is 15.9. The highest BCUT2D eigenvalue weighted by Crippen LogP contribution is 2.19. The standard InChI is InChI=1S/C25H28N2O5S/c1-3-31-21-12-10-20(11-13-21)26-25(28)24(18-19-8-6-5-7-9-19)27-33(29,30)23-16-14-22(15-17-23)32-4-2/h5-17,24,27H,3-4,18H2,1-2H3,(H,26,28)/t24-/m0/s1. The van der Waals surface area contributed by atoms with Crippen LogP contribution in [0.1, 0.15) is 19.4 Å². The third-order valence-corrected chi connectivity index (χ3v) is 6.26. The van der Waals surface area contributed by atoms with E-state index in [1.807, 2.05) is 44.2 Å². The van der Waals surface area contributed by atoms with Crippen molar-refractivity contribution in [2.75, 3.05) is 18.5 Å². The predicted molar refractivity (Wildman–Crippen MR) is 128 cm³/mol. The highest BCUT2D eigenvalue weighted by Gasteiger charge is 2.26. The number of benzene rings is 3. The van der Waals surface area contributed by atoms with Crippen LogP contribution in [0.4, 0.5) is 5.69 Å². The molecule has 0 saturated carbocycles. The molecule has 8 heteroatoms. The summed E-state index contributed by atoms with van der Waals surface area (Å²) in [5.74, 6) is 0.801. The maximum absolute atomic E-state index is 13.1. The molecule has 0 saturated heterocycles. The molecule has 1 amide bonds. The summed E-state index contributed by atoms with van der Waals surface area (Å²) >= 11 is 0. The lowest BCUT2D eigenvalue weighted by Crippen LogP contribution is -2.45. The lowest BCUT2D eigenvalue weighted by atomic mass is 10.1. The summed E-state index contributed by atoms with van der Waals surface area (Å²) in [5.41, 5.74) is 1.38. The second-order valence-corrected chi connectivity index (χ2v) is 8.93. The van der Waals surface area contributed by atoms with Crippen molar-refractivity contribution in [1.29, 1.82) is 0 Å². The van der Waals surface area contributed by atoms with Gasteiger partial charge < -0.3 is 14.8 Å². The summed E-state index contributed by atoms with van der Waals surface area (Å²) in [6.45, 7) is 4.76. The van der Waals surface area contributed by atoms with E-state index in [4.69, 9.17) is 9.47 Å². The number of rotatable bonds is 11. The van der Waals surface area contributed by atoms with Gasteiger partial charge in [0.2, 0.25) is 15.9 Å². The Labute approximate surface area is 194 Å². The number of ether oxygens (including phenoxy) is 2. The Kier molecular flexibility index (Phi) is 8.46. The van der Waals surface area contributed by atoms with Gasteiger partial charge in [0.25, 0.3) is 0 Å². The molecule has 3 rings (SSSR count). The highest BCUT2D eigenvalue weighted by atomic mass is 32.2. The van der Waals surface area contributed by atoms with E-state index >= 15 is 0 Å². The number of carbonyl (C=O) groups excluding carboxylic acids is 1. The van der Waals surface area contributed by atoms with Crippen LogP contribution in [-0.4, -0.2) is 33.6 Å². The van der Waals surface area contributed by atoms with Crippen molar-refractivity contribution in [3.8, 4) is 11.5 Å². The minimum atomic E-state index is -3.95. The number of carbonyl (C=O) groups is 1. The maximum atomic E-state index is 13.1. The molecule has 0 bridgehead atoms. The molecule has 0 aliphatic rings. The Morgan fingerprint density at radius 2 is 1.36 bits per heavy atom. The van der Waals surface area contributed by atoms with Crippen molar-refractivity contribution >= 4 is 21.6 Å². The van der Waals surface area contributed by atoms with Crippen LogP contribution in [0.3, 0.4) is 0 Å². The van der Waals surface area contributed by atoms with Crippen LogP contribution in [0.2, 0.25) is 0 Å². The van der Waals surface area contributed by atoms with Crippen molar-refractivity contribution in [2.45, 2.75) is 31.2 Å².